The van der Waals surface area contributed by atoms with Crippen LogP contribution in [0.1, 0.15) is 43.5 Å². The quantitative estimate of drug-likeness (QED) is 0.762. The van der Waals surface area contributed by atoms with Crippen LogP contribution in [0, 0.1) is 28.5 Å². The fourth-order valence-electron chi connectivity index (χ4n) is 2.98. The molecule has 0 fully saturated rings. The summed E-state index contributed by atoms with van der Waals surface area (Å²) >= 11 is 3.35. The number of rotatable bonds is 1. The normalized spacial score (nSPS) is 20.2. The van der Waals surface area contributed by atoms with E-state index in [4.69, 9.17) is 10.1 Å². The zero-order valence-electron chi connectivity index (χ0n) is 13.4. The van der Waals surface area contributed by atoms with Crippen LogP contribution in [-0.4, -0.2) is 16.1 Å². The van der Waals surface area contributed by atoms with Crippen molar-refractivity contribution in [3.8, 4) is 11.9 Å². The third-order valence-electron chi connectivity index (χ3n) is 4.08. The molecule has 3 rings (SSSR count). The SMILES string of the molecule is CC(C)(C)c1[nH]nc2c1C(c1cc(Br)ccc1F)C(C#N)C(=N)O2. The van der Waals surface area contributed by atoms with Crippen LogP contribution < -0.4 is 4.74 Å². The molecule has 0 aliphatic carbocycles. The maximum Gasteiger partial charge on any atom is 0.243 e. The molecule has 1 aliphatic rings. The first kappa shape index (κ1) is 16.7. The summed E-state index contributed by atoms with van der Waals surface area (Å²) in [6.45, 7) is 5.99. The van der Waals surface area contributed by atoms with Crippen LogP contribution in [0.5, 0.6) is 5.88 Å². The van der Waals surface area contributed by atoms with E-state index in [0.29, 0.717) is 15.6 Å². The Bertz CT molecular complexity index is 862. The first-order chi connectivity index (χ1) is 11.2. The van der Waals surface area contributed by atoms with Crippen molar-refractivity contribution in [1.82, 2.24) is 10.2 Å². The lowest BCUT2D eigenvalue weighted by atomic mass is 9.75. The second-order valence-corrected chi connectivity index (χ2v) is 7.70. The molecule has 124 valence electrons. The Balaban J connectivity index is 2.31. The molecule has 2 unspecified atom stereocenters. The van der Waals surface area contributed by atoms with E-state index in [0.717, 1.165) is 5.69 Å². The van der Waals surface area contributed by atoms with Crippen molar-refractivity contribution < 1.29 is 9.13 Å². The number of fused-ring (bicyclic) bond motifs is 1. The number of halogens is 2. The minimum Gasteiger partial charge on any atom is -0.422 e. The summed E-state index contributed by atoms with van der Waals surface area (Å²) in [5, 5.41) is 24.7. The number of hydrogen-bond donors (Lipinski definition) is 2. The summed E-state index contributed by atoms with van der Waals surface area (Å²) in [7, 11) is 0. The van der Waals surface area contributed by atoms with Gasteiger partial charge in [-0.3, -0.25) is 10.5 Å². The van der Waals surface area contributed by atoms with Gasteiger partial charge in [-0.05, 0) is 23.8 Å². The van der Waals surface area contributed by atoms with Gasteiger partial charge in [-0.15, -0.1) is 5.10 Å². The lowest BCUT2D eigenvalue weighted by Crippen LogP contribution is -2.32. The molecule has 2 heterocycles. The first-order valence-corrected chi connectivity index (χ1v) is 8.23. The highest BCUT2D eigenvalue weighted by atomic mass is 79.9. The third-order valence-corrected chi connectivity index (χ3v) is 4.58. The summed E-state index contributed by atoms with van der Waals surface area (Å²) in [6.07, 6.45) is 0. The van der Waals surface area contributed by atoms with Crippen molar-refractivity contribution >= 4 is 21.8 Å². The second kappa shape index (κ2) is 5.71. The molecule has 0 bridgehead atoms. The number of ether oxygens (including phenoxy) is 1. The molecule has 0 amide bonds. The fourth-order valence-corrected chi connectivity index (χ4v) is 3.36. The fraction of sp³-hybridized carbons (Fsp3) is 0.353. The van der Waals surface area contributed by atoms with Gasteiger partial charge < -0.3 is 4.74 Å². The van der Waals surface area contributed by atoms with Crippen LogP contribution >= 0.6 is 15.9 Å². The van der Waals surface area contributed by atoms with Crippen molar-refractivity contribution in [3.05, 3.63) is 45.3 Å². The molecule has 1 aliphatic heterocycles. The zero-order valence-corrected chi connectivity index (χ0v) is 15.0. The summed E-state index contributed by atoms with van der Waals surface area (Å²) in [4.78, 5) is 0. The molecule has 0 radical (unpaired) electrons. The molecule has 2 aromatic rings. The molecule has 0 saturated heterocycles. The predicted octanol–water partition coefficient (Wildman–Crippen LogP) is 4.25. The number of nitrogens with zero attached hydrogens (tertiary/aromatic N) is 2. The van der Waals surface area contributed by atoms with E-state index in [1.807, 2.05) is 20.8 Å². The lowest BCUT2D eigenvalue weighted by Gasteiger charge is -2.30. The third kappa shape index (κ3) is 2.61. The van der Waals surface area contributed by atoms with E-state index in [-0.39, 0.29) is 17.2 Å². The van der Waals surface area contributed by atoms with Crippen LogP contribution in [0.4, 0.5) is 4.39 Å². The van der Waals surface area contributed by atoms with E-state index >= 15 is 0 Å². The highest BCUT2D eigenvalue weighted by molar-refractivity contribution is 9.10. The molecule has 7 heteroatoms. The summed E-state index contributed by atoms with van der Waals surface area (Å²) in [5.41, 5.74) is 1.46. The Labute approximate surface area is 147 Å². The van der Waals surface area contributed by atoms with Gasteiger partial charge in [0, 0.05) is 27.1 Å². The standard InChI is InChI=1S/C17H16BrFN4O/c1-17(2,3)14-13-12(9-6-8(18)4-5-11(9)19)10(7-20)15(21)24-16(13)23-22-14/h4-6,10,12,21H,1-3H3,(H,22,23). The predicted molar refractivity (Wildman–Crippen MR) is 90.7 cm³/mol. The average molecular weight is 391 g/mol. The average Bonchev–Trinajstić information content (AvgIpc) is 2.91. The van der Waals surface area contributed by atoms with Gasteiger partial charge in [0.25, 0.3) is 0 Å². The van der Waals surface area contributed by atoms with Crippen LogP contribution in [-0.2, 0) is 5.41 Å². The van der Waals surface area contributed by atoms with Crippen molar-refractivity contribution in [2.24, 2.45) is 5.92 Å². The number of nitriles is 1. The van der Waals surface area contributed by atoms with Gasteiger partial charge in [0.2, 0.25) is 11.8 Å². The smallest absolute Gasteiger partial charge is 0.243 e. The number of nitrogens with one attached hydrogen (secondary N) is 2. The number of aromatic amines is 1. The van der Waals surface area contributed by atoms with E-state index in [1.54, 1.807) is 12.1 Å². The molecule has 1 aromatic heterocycles. The minimum absolute atomic E-state index is 0.221. The Morgan fingerprint density at radius 3 is 2.75 bits per heavy atom. The summed E-state index contributed by atoms with van der Waals surface area (Å²) in [6, 6.07) is 6.68. The van der Waals surface area contributed by atoms with Gasteiger partial charge in [-0.2, -0.15) is 5.26 Å². The molecular formula is C17H16BrFN4O. The summed E-state index contributed by atoms with van der Waals surface area (Å²) < 4.78 is 20.7. The Hall–Kier alpha value is -2.20. The topological polar surface area (TPSA) is 85.5 Å². The molecule has 0 saturated carbocycles. The Morgan fingerprint density at radius 2 is 2.12 bits per heavy atom. The maximum absolute atomic E-state index is 14.5. The largest absolute Gasteiger partial charge is 0.422 e. The van der Waals surface area contributed by atoms with Crippen molar-refractivity contribution in [1.29, 1.82) is 10.7 Å². The van der Waals surface area contributed by atoms with E-state index in [2.05, 4.69) is 32.2 Å². The van der Waals surface area contributed by atoms with Crippen molar-refractivity contribution in [3.63, 3.8) is 0 Å². The van der Waals surface area contributed by atoms with Crippen LogP contribution in [0.25, 0.3) is 0 Å². The number of H-pyrrole nitrogens is 1. The highest BCUT2D eigenvalue weighted by Gasteiger charge is 2.43. The van der Waals surface area contributed by atoms with E-state index in [9.17, 15) is 9.65 Å². The van der Waals surface area contributed by atoms with Crippen LogP contribution in [0.3, 0.4) is 0 Å². The summed E-state index contributed by atoms with van der Waals surface area (Å²) in [5.74, 6) is -1.98. The van der Waals surface area contributed by atoms with Gasteiger partial charge >= 0.3 is 0 Å². The highest BCUT2D eigenvalue weighted by Crippen LogP contribution is 2.46. The Kier molecular flexibility index (Phi) is 3.96. The van der Waals surface area contributed by atoms with Gasteiger partial charge in [0.15, 0.2) is 0 Å². The molecule has 5 nitrogen and oxygen atoms in total. The second-order valence-electron chi connectivity index (χ2n) is 6.78. The van der Waals surface area contributed by atoms with Gasteiger partial charge in [-0.1, -0.05) is 36.7 Å². The molecule has 24 heavy (non-hydrogen) atoms. The van der Waals surface area contributed by atoms with Crippen LogP contribution in [0.2, 0.25) is 0 Å². The first-order valence-electron chi connectivity index (χ1n) is 7.43. The maximum atomic E-state index is 14.5. The number of benzene rings is 1. The molecule has 0 spiro atoms. The van der Waals surface area contributed by atoms with Crippen LogP contribution in [0.15, 0.2) is 22.7 Å². The lowest BCUT2D eigenvalue weighted by molar-refractivity contribution is 0.428. The van der Waals surface area contributed by atoms with Crippen molar-refractivity contribution in [2.45, 2.75) is 32.1 Å². The van der Waals surface area contributed by atoms with Crippen molar-refractivity contribution in [2.75, 3.05) is 0 Å². The molecule has 2 N–H and O–H groups in total. The number of aromatic nitrogens is 2. The van der Waals surface area contributed by atoms with Gasteiger partial charge in [0.05, 0.1) is 6.07 Å². The van der Waals surface area contributed by atoms with E-state index in [1.165, 1.54) is 6.07 Å². The minimum atomic E-state index is -0.917. The Morgan fingerprint density at radius 1 is 1.42 bits per heavy atom. The monoisotopic (exact) mass is 390 g/mol. The molecule has 1 aromatic carbocycles. The van der Waals surface area contributed by atoms with Gasteiger partial charge in [0.1, 0.15) is 11.7 Å². The van der Waals surface area contributed by atoms with E-state index < -0.39 is 17.7 Å². The zero-order chi connectivity index (χ0) is 17.6. The number of hydrogen-bond acceptors (Lipinski definition) is 4. The molecule has 2 atom stereocenters. The molecular weight excluding hydrogens is 375 g/mol. The van der Waals surface area contributed by atoms with Gasteiger partial charge in [-0.25, -0.2) is 4.39 Å².